The Balaban J connectivity index is 1.37. The fraction of sp³-hybridized carbons (Fsp3) is 0. The van der Waals surface area contributed by atoms with E-state index >= 15 is 0 Å². The lowest BCUT2D eigenvalue weighted by atomic mass is 9.97. The molecule has 3 aromatic heterocycles. The van der Waals surface area contributed by atoms with Gasteiger partial charge in [-0.05, 0) is 42.0 Å². The van der Waals surface area contributed by atoms with Gasteiger partial charge in [-0.1, -0.05) is 115 Å². The van der Waals surface area contributed by atoms with Crippen molar-refractivity contribution >= 4 is 89.5 Å². The summed E-state index contributed by atoms with van der Waals surface area (Å²) >= 11 is 12.2. The molecule has 0 unspecified atom stereocenters. The number of fused-ring (bicyclic) bond motifs is 8. The van der Waals surface area contributed by atoms with E-state index in [2.05, 4.69) is 126 Å². The molecule has 0 atom stereocenters. The predicted molar refractivity (Wildman–Crippen MR) is 218 cm³/mol. The first-order valence-corrected chi connectivity index (χ1v) is 18.2. The molecule has 3 nitrogen and oxygen atoms in total. The van der Waals surface area contributed by atoms with Gasteiger partial charge in [-0.3, -0.25) is 0 Å². The summed E-state index contributed by atoms with van der Waals surface area (Å²) < 4.78 is 4.84. The Morgan fingerprint density at radius 1 is 0.560 bits per heavy atom. The third-order valence-electron chi connectivity index (χ3n) is 9.60. The van der Waals surface area contributed by atoms with Gasteiger partial charge in [-0.2, -0.15) is 0 Å². The molecule has 0 spiro atoms. The molecule has 7 aromatic carbocycles. The number of hydrogen-bond donors (Lipinski definition) is 2. The van der Waals surface area contributed by atoms with E-state index in [0.29, 0.717) is 5.82 Å². The van der Waals surface area contributed by atoms with E-state index in [1.807, 2.05) is 30.3 Å². The number of thiophene rings is 1. The number of aromatic nitrogens is 3. The molecule has 0 fully saturated rings. The topological polar surface area (TPSA) is 30.7 Å². The van der Waals surface area contributed by atoms with Crippen molar-refractivity contribution in [3.8, 4) is 39.5 Å². The Morgan fingerprint density at radius 2 is 1.24 bits per heavy atom. The fourth-order valence-electron chi connectivity index (χ4n) is 7.41. The Kier molecular flexibility index (Phi) is 6.84. The molecule has 3 heterocycles. The molecule has 0 aliphatic rings. The quantitative estimate of drug-likeness (QED) is 0.180. The second kappa shape index (κ2) is 11.6. The number of para-hydroxylation sites is 1. The van der Waals surface area contributed by atoms with E-state index in [-0.39, 0.29) is 0 Å². The normalized spacial score (nSPS) is 11.8. The first-order chi connectivity index (χ1) is 24.7. The Morgan fingerprint density at radius 3 is 2.04 bits per heavy atom. The minimum Gasteiger partial charge on any atom is -0.309 e. The zero-order chi connectivity index (χ0) is 33.3. The van der Waals surface area contributed by atoms with Crippen molar-refractivity contribution in [3.05, 3.63) is 152 Å². The standard InChI is InChI=1S/C44H27N3S3/c48-35-21-11-8-18-30(35)39-41-37(38-31-19-9-12-22-36(31)50-43(38)42(39)49)29-17-7-10-20-34(29)47(41)28-23-24-33-32(25-28)40(26-13-3-1-4-14-26)46-44(45-33)27-15-5-2-6-16-27/h1-25,48-49H. The summed E-state index contributed by atoms with van der Waals surface area (Å²) in [5.74, 6) is 0.709. The number of thiol groups is 2. The largest absolute Gasteiger partial charge is 0.309 e. The molecule has 236 valence electrons. The highest BCUT2D eigenvalue weighted by Gasteiger charge is 2.26. The highest BCUT2D eigenvalue weighted by Crippen LogP contribution is 2.51. The second-order valence-corrected chi connectivity index (χ2v) is 14.4. The lowest BCUT2D eigenvalue weighted by Crippen LogP contribution is -1.99. The fourth-order valence-corrected chi connectivity index (χ4v) is 9.32. The number of hydrogen-bond acceptors (Lipinski definition) is 5. The smallest absolute Gasteiger partial charge is 0.160 e. The minimum atomic E-state index is 0.709. The number of rotatable bonds is 4. The van der Waals surface area contributed by atoms with Crippen LogP contribution in [-0.4, -0.2) is 14.5 Å². The van der Waals surface area contributed by atoms with E-state index in [4.69, 9.17) is 35.2 Å². The molecule has 0 N–H and O–H groups in total. The van der Waals surface area contributed by atoms with Crippen molar-refractivity contribution in [3.63, 3.8) is 0 Å². The van der Waals surface area contributed by atoms with Crippen LogP contribution in [0.15, 0.2) is 161 Å². The van der Waals surface area contributed by atoms with Crippen LogP contribution in [-0.2, 0) is 0 Å². The van der Waals surface area contributed by atoms with Crippen molar-refractivity contribution in [1.82, 2.24) is 14.5 Å². The molecule has 0 radical (unpaired) electrons. The molecule has 0 aliphatic carbocycles. The minimum absolute atomic E-state index is 0.709. The average molecular weight is 694 g/mol. The Bertz CT molecular complexity index is 2950. The van der Waals surface area contributed by atoms with Gasteiger partial charge in [0.05, 0.1) is 26.9 Å². The van der Waals surface area contributed by atoms with Crippen molar-refractivity contribution in [2.45, 2.75) is 9.79 Å². The zero-order valence-electron chi connectivity index (χ0n) is 26.6. The molecule has 10 aromatic rings. The van der Waals surface area contributed by atoms with Gasteiger partial charge in [0.25, 0.3) is 0 Å². The van der Waals surface area contributed by atoms with Gasteiger partial charge >= 0.3 is 0 Å². The summed E-state index contributed by atoms with van der Waals surface area (Å²) in [5.41, 5.74) is 9.21. The summed E-state index contributed by atoms with van der Waals surface area (Å²) in [6.07, 6.45) is 0. The summed E-state index contributed by atoms with van der Waals surface area (Å²) in [5, 5.41) is 5.89. The molecule has 0 saturated carbocycles. The molecule has 0 bridgehead atoms. The number of benzene rings is 7. The zero-order valence-corrected chi connectivity index (χ0v) is 29.2. The van der Waals surface area contributed by atoms with E-state index in [0.717, 1.165) is 65.4 Å². The van der Waals surface area contributed by atoms with Crippen LogP contribution in [0.3, 0.4) is 0 Å². The number of nitrogens with zero attached hydrogens (tertiary/aromatic N) is 3. The maximum Gasteiger partial charge on any atom is 0.160 e. The summed E-state index contributed by atoms with van der Waals surface area (Å²) in [7, 11) is 0. The third-order valence-corrected chi connectivity index (χ3v) is 11.8. The van der Waals surface area contributed by atoms with Crippen molar-refractivity contribution in [2.24, 2.45) is 0 Å². The van der Waals surface area contributed by atoms with Gasteiger partial charge in [0.2, 0.25) is 0 Å². The highest BCUT2D eigenvalue weighted by atomic mass is 32.1. The summed E-state index contributed by atoms with van der Waals surface area (Å²) in [4.78, 5) is 12.2. The van der Waals surface area contributed by atoms with Gasteiger partial charge in [-0.25, -0.2) is 9.97 Å². The summed E-state index contributed by atoms with van der Waals surface area (Å²) in [6, 6.07) is 53.0. The second-order valence-electron chi connectivity index (χ2n) is 12.4. The highest BCUT2D eigenvalue weighted by molar-refractivity contribution is 7.81. The maximum absolute atomic E-state index is 5.36. The van der Waals surface area contributed by atoms with E-state index < -0.39 is 0 Å². The maximum atomic E-state index is 5.36. The van der Waals surface area contributed by atoms with Gasteiger partial charge in [0.15, 0.2) is 5.82 Å². The van der Waals surface area contributed by atoms with Crippen molar-refractivity contribution in [2.75, 3.05) is 0 Å². The van der Waals surface area contributed by atoms with Crippen LogP contribution in [0.5, 0.6) is 0 Å². The van der Waals surface area contributed by atoms with Gasteiger partial charge in [0, 0.05) is 63.8 Å². The van der Waals surface area contributed by atoms with Crippen LogP contribution in [0.2, 0.25) is 0 Å². The molecular weight excluding hydrogens is 667 g/mol. The van der Waals surface area contributed by atoms with Crippen LogP contribution in [0.4, 0.5) is 0 Å². The third kappa shape index (κ3) is 4.46. The van der Waals surface area contributed by atoms with Crippen LogP contribution < -0.4 is 0 Å². The SMILES string of the molecule is Sc1ccccc1-c1c(S)c2sc3ccccc3c2c2c3ccccc3n(-c3ccc4nc(-c5ccccc5)nc(-c5ccccc5)c4c3)c12. The van der Waals surface area contributed by atoms with E-state index in [1.165, 1.54) is 30.9 Å². The van der Waals surface area contributed by atoms with Gasteiger partial charge in [0.1, 0.15) is 0 Å². The van der Waals surface area contributed by atoms with E-state index in [9.17, 15) is 0 Å². The van der Waals surface area contributed by atoms with Crippen LogP contribution in [0, 0.1) is 0 Å². The first kappa shape index (κ1) is 29.5. The lowest BCUT2D eigenvalue weighted by Gasteiger charge is -2.17. The molecule has 0 saturated heterocycles. The van der Waals surface area contributed by atoms with Crippen molar-refractivity contribution < 1.29 is 0 Å². The Hall–Kier alpha value is -5.40. The molecule has 0 amide bonds. The van der Waals surface area contributed by atoms with Crippen LogP contribution >= 0.6 is 36.6 Å². The van der Waals surface area contributed by atoms with Gasteiger partial charge in [-0.15, -0.1) is 36.6 Å². The summed E-state index contributed by atoms with van der Waals surface area (Å²) in [6.45, 7) is 0. The van der Waals surface area contributed by atoms with Gasteiger partial charge < -0.3 is 4.57 Å². The monoisotopic (exact) mass is 693 g/mol. The average Bonchev–Trinajstić information content (AvgIpc) is 3.72. The lowest BCUT2D eigenvalue weighted by molar-refractivity contribution is 1.17. The molecule has 6 heteroatoms. The molecular formula is C44H27N3S3. The Labute approximate surface area is 303 Å². The molecule has 10 rings (SSSR count). The van der Waals surface area contributed by atoms with Crippen LogP contribution in [0.25, 0.3) is 92.3 Å². The van der Waals surface area contributed by atoms with E-state index in [1.54, 1.807) is 11.3 Å². The molecule has 50 heavy (non-hydrogen) atoms. The predicted octanol–water partition coefficient (Wildman–Crippen LogP) is 12.7. The molecule has 0 aliphatic heterocycles. The van der Waals surface area contributed by atoms with Crippen molar-refractivity contribution in [1.29, 1.82) is 0 Å². The first-order valence-electron chi connectivity index (χ1n) is 16.5. The van der Waals surface area contributed by atoms with Crippen LogP contribution in [0.1, 0.15) is 0 Å².